The summed E-state index contributed by atoms with van der Waals surface area (Å²) in [6.45, 7) is 10.8. The van der Waals surface area contributed by atoms with E-state index in [9.17, 15) is 5.11 Å². The predicted molar refractivity (Wildman–Crippen MR) is 144 cm³/mol. The van der Waals surface area contributed by atoms with E-state index >= 15 is 0 Å². The highest BCUT2D eigenvalue weighted by atomic mass is 127. The average molecular weight is 572 g/mol. The van der Waals surface area contributed by atoms with Crippen molar-refractivity contribution in [2.75, 3.05) is 64.4 Å². The molecule has 8 nitrogen and oxygen atoms in total. The molecule has 0 amide bonds. The minimum absolute atomic E-state index is 0. The minimum atomic E-state index is -1.13. The average Bonchev–Trinajstić information content (AvgIpc) is 3.37. The van der Waals surface area contributed by atoms with Crippen LogP contribution in [-0.2, 0) is 5.60 Å². The van der Waals surface area contributed by atoms with Crippen LogP contribution in [0.1, 0.15) is 26.0 Å². The minimum Gasteiger partial charge on any atom is -0.497 e. The van der Waals surface area contributed by atoms with Gasteiger partial charge in [-0.3, -0.25) is 4.90 Å². The summed E-state index contributed by atoms with van der Waals surface area (Å²) in [6, 6.07) is 11.8. The Bertz CT molecular complexity index is 819. The van der Waals surface area contributed by atoms with Crippen LogP contribution in [0.15, 0.2) is 52.1 Å². The topological polar surface area (TPSA) is 85.5 Å². The van der Waals surface area contributed by atoms with Crippen molar-refractivity contribution in [1.82, 2.24) is 15.5 Å². The van der Waals surface area contributed by atoms with Crippen LogP contribution in [0.2, 0.25) is 0 Å². The number of benzene rings is 1. The lowest BCUT2D eigenvalue weighted by molar-refractivity contribution is 0.0437. The van der Waals surface area contributed by atoms with Gasteiger partial charge in [0.1, 0.15) is 17.1 Å². The van der Waals surface area contributed by atoms with Gasteiger partial charge in [-0.1, -0.05) is 0 Å². The zero-order valence-corrected chi connectivity index (χ0v) is 22.2. The molecule has 1 aromatic heterocycles. The van der Waals surface area contributed by atoms with Crippen molar-refractivity contribution in [2.45, 2.75) is 25.9 Å². The Kier molecular flexibility index (Phi) is 11.3. The molecule has 3 rings (SSSR count). The molecule has 2 heterocycles. The Hall–Kier alpha value is -1.98. The summed E-state index contributed by atoms with van der Waals surface area (Å²) < 4.78 is 10.6. The molecule has 9 heteroatoms. The molecule has 1 unspecified atom stereocenters. The Morgan fingerprint density at radius 3 is 2.48 bits per heavy atom. The number of aliphatic imine (C=N–C) groups is 1. The number of rotatable bonds is 10. The Labute approximate surface area is 214 Å². The van der Waals surface area contributed by atoms with Crippen LogP contribution in [0.4, 0.5) is 5.69 Å². The van der Waals surface area contributed by atoms with E-state index in [2.05, 4.69) is 37.6 Å². The van der Waals surface area contributed by atoms with E-state index in [1.54, 1.807) is 32.4 Å². The van der Waals surface area contributed by atoms with E-state index in [0.717, 1.165) is 58.0 Å². The number of halogens is 1. The van der Waals surface area contributed by atoms with E-state index in [1.807, 2.05) is 19.1 Å². The highest BCUT2D eigenvalue weighted by Crippen LogP contribution is 2.21. The lowest BCUT2D eigenvalue weighted by Gasteiger charge is -2.36. The maximum Gasteiger partial charge on any atom is 0.191 e. The van der Waals surface area contributed by atoms with E-state index in [4.69, 9.17) is 9.15 Å². The first kappa shape index (κ1) is 27.3. The summed E-state index contributed by atoms with van der Waals surface area (Å²) in [5.74, 6) is 2.12. The van der Waals surface area contributed by atoms with E-state index in [1.165, 1.54) is 5.69 Å². The Balaban J connectivity index is 0.00000385. The molecular weight excluding hydrogens is 533 g/mol. The van der Waals surface area contributed by atoms with Gasteiger partial charge in [-0.2, -0.15) is 0 Å². The van der Waals surface area contributed by atoms with Gasteiger partial charge in [-0.15, -0.1) is 24.0 Å². The zero-order chi connectivity index (χ0) is 22.8. The molecule has 0 spiro atoms. The first-order valence-corrected chi connectivity index (χ1v) is 11.4. The van der Waals surface area contributed by atoms with Gasteiger partial charge in [0.25, 0.3) is 0 Å². The summed E-state index contributed by atoms with van der Waals surface area (Å²) in [6.07, 6.45) is 2.59. The van der Waals surface area contributed by atoms with Crippen molar-refractivity contribution in [3.63, 3.8) is 0 Å². The number of ether oxygens (including phenoxy) is 1. The number of nitrogens with zero attached hydrogens (tertiary/aromatic N) is 3. The van der Waals surface area contributed by atoms with Gasteiger partial charge in [-0.05, 0) is 63.2 Å². The van der Waals surface area contributed by atoms with Crippen LogP contribution in [0.25, 0.3) is 0 Å². The molecule has 1 fully saturated rings. The molecule has 33 heavy (non-hydrogen) atoms. The molecule has 0 aliphatic carbocycles. The summed E-state index contributed by atoms with van der Waals surface area (Å²) in [4.78, 5) is 9.47. The molecule has 0 bridgehead atoms. The first-order valence-electron chi connectivity index (χ1n) is 11.4. The van der Waals surface area contributed by atoms with Gasteiger partial charge in [0.05, 0.1) is 19.9 Å². The highest BCUT2D eigenvalue weighted by molar-refractivity contribution is 14.0. The van der Waals surface area contributed by atoms with Crippen LogP contribution >= 0.6 is 24.0 Å². The first-order chi connectivity index (χ1) is 15.5. The third-order valence-corrected chi connectivity index (χ3v) is 5.69. The predicted octanol–water partition coefficient (Wildman–Crippen LogP) is 2.88. The van der Waals surface area contributed by atoms with Gasteiger partial charge in [0.2, 0.25) is 0 Å². The monoisotopic (exact) mass is 571 g/mol. The third-order valence-electron chi connectivity index (χ3n) is 5.69. The molecular formula is C24H38IN5O3. The smallest absolute Gasteiger partial charge is 0.191 e. The number of methoxy groups -OCH3 is 1. The van der Waals surface area contributed by atoms with E-state index in [0.29, 0.717) is 11.7 Å². The van der Waals surface area contributed by atoms with E-state index < -0.39 is 5.60 Å². The number of guanidine groups is 1. The SMILES string of the molecule is CCNC(=NCC(C)(O)c1ccco1)NCCCN1CCN(c2ccc(OC)cc2)CC1.I. The molecule has 1 saturated heterocycles. The normalized spacial score (nSPS) is 16.6. The Morgan fingerprint density at radius 1 is 1.15 bits per heavy atom. The van der Waals surface area contributed by atoms with Crippen LogP contribution < -0.4 is 20.3 Å². The number of nitrogens with one attached hydrogen (secondary N) is 2. The standard InChI is InChI=1S/C24H37N5O3.HI/c1-4-25-23(27-19-24(2,30)22-7-5-18-32-22)26-12-6-13-28-14-16-29(17-15-28)20-8-10-21(31-3)11-9-20;/h5,7-11,18,30H,4,6,12-17,19H2,1-3H3,(H2,25,26,27);1H. The van der Waals surface area contributed by atoms with Crippen molar-refractivity contribution in [3.8, 4) is 5.75 Å². The van der Waals surface area contributed by atoms with Crippen LogP contribution in [-0.4, -0.2) is 75.4 Å². The fraction of sp³-hybridized carbons (Fsp3) is 0.542. The third kappa shape index (κ3) is 8.38. The Morgan fingerprint density at radius 2 is 1.88 bits per heavy atom. The van der Waals surface area contributed by atoms with Crippen molar-refractivity contribution >= 4 is 35.6 Å². The van der Waals surface area contributed by atoms with Gasteiger partial charge in [0.15, 0.2) is 5.96 Å². The zero-order valence-electron chi connectivity index (χ0n) is 19.9. The molecule has 1 aliphatic rings. The fourth-order valence-electron chi connectivity index (χ4n) is 3.77. The number of hydrogen-bond donors (Lipinski definition) is 3. The fourth-order valence-corrected chi connectivity index (χ4v) is 3.77. The highest BCUT2D eigenvalue weighted by Gasteiger charge is 2.26. The molecule has 3 N–H and O–H groups in total. The second kappa shape index (κ2) is 13.7. The number of piperazine rings is 1. The summed E-state index contributed by atoms with van der Waals surface area (Å²) in [5.41, 5.74) is 0.124. The van der Waals surface area contributed by atoms with Gasteiger partial charge < -0.3 is 29.8 Å². The molecule has 0 radical (unpaired) electrons. The molecule has 1 aliphatic heterocycles. The van der Waals surface area contributed by atoms with Crippen LogP contribution in [0.5, 0.6) is 5.75 Å². The van der Waals surface area contributed by atoms with E-state index in [-0.39, 0.29) is 30.5 Å². The number of hydrogen-bond acceptors (Lipinski definition) is 6. The summed E-state index contributed by atoms with van der Waals surface area (Å²) >= 11 is 0. The number of aliphatic hydroxyl groups is 1. The molecule has 184 valence electrons. The lowest BCUT2D eigenvalue weighted by atomic mass is 10.0. The molecule has 1 aromatic carbocycles. The second-order valence-corrected chi connectivity index (χ2v) is 8.25. The van der Waals surface area contributed by atoms with Crippen molar-refractivity contribution < 1.29 is 14.3 Å². The number of anilines is 1. The van der Waals surface area contributed by atoms with Crippen LogP contribution in [0, 0.1) is 0 Å². The van der Waals surface area contributed by atoms with Crippen molar-refractivity contribution in [1.29, 1.82) is 0 Å². The van der Waals surface area contributed by atoms with Crippen molar-refractivity contribution in [3.05, 3.63) is 48.4 Å². The summed E-state index contributed by atoms with van der Waals surface area (Å²) in [7, 11) is 1.69. The van der Waals surface area contributed by atoms with Gasteiger partial charge in [-0.25, -0.2) is 4.99 Å². The molecule has 2 aromatic rings. The maximum absolute atomic E-state index is 10.6. The lowest BCUT2D eigenvalue weighted by Crippen LogP contribution is -2.47. The number of furan rings is 1. The van der Waals surface area contributed by atoms with Gasteiger partial charge >= 0.3 is 0 Å². The largest absolute Gasteiger partial charge is 0.497 e. The second-order valence-electron chi connectivity index (χ2n) is 8.25. The van der Waals surface area contributed by atoms with Gasteiger partial charge in [0, 0.05) is 45.0 Å². The maximum atomic E-state index is 10.6. The molecule has 0 saturated carbocycles. The summed E-state index contributed by atoms with van der Waals surface area (Å²) in [5, 5.41) is 17.2. The quantitative estimate of drug-likeness (QED) is 0.175. The van der Waals surface area contributed by atoms with Crippen molar-refractivity contribution in [2.24, 2.45) is 4.99 Å². The molecule has 1 atom stereocenters. The van der Waals surface area contributed by atoms with Crippen LogP contribution in [0.3, 0.4) is 0 Å².